The van der Waals surface area contributed by atoms with Crippen LogP contribution in [0.2, 0.25) is 0 Å². The van der Waals surface area contributed by atoms with E-state index in [9.17, 15) is 4.79 Å². The van der Waals surface area contributed by atoms with Crippen LogP contribution in [0.1, 0.15) is 32.9 Å². The summed E-state index contributed by atoms with van der Waals surface area (Å²) in [5.41, 5.74) is 1.35. The van der Waals surface area contributed by atoms with Gasteiger partial charge in [0.2, 0.25) is 0 Å². The maximum Gasteiger partial charge on any atom is 0.414 e. The zero-order chi connectivity index (χ0) is 13.2. The first-order valence-corrected chi connectivity index (χ1v) is 5.94. The summed E-state index contributed by atoms with van der Waals surface area (Å²) < 4.78 is 5.31. The Balaban J connectivity index is 2.07. The predicted octanol–water partition coefficient (Wildman–Crippen LogP) is 2.46. The summed E-state index contributed by atoms with van der Waals surface area (Å²) in [5.74, 6) is 0. The molecular formula is C13H17N3O2. The van der Waals surface area contributed by atoms with Gasteiger partial charge in [0.05, 0.1) is 5.69 Å². The molecule has 0 atom stereocenters. The van der Waals surface area contributed by atoms with Crippen LogP contribution in [0, 0.1) is 0 Å². The van der Waals surface area contributed by atoms with Crippen LogP contribution in [0.5, 0.6) is 0 Å². The molecule has 0 spiro atoms. The molecule has 1 aromatic rings. The lowest BCUT2D eigenvalue weighted by molar-refractivity contribution is 0.0349. The lowest BCUT2D eigenvalue weighted by Gasteiger charge is -2.23. The summed E-state index contributed by atoms with van der Waals surface area (Å²) in [5, 5.41) is 7.87. The lowest BCUT2D eigenvalue weighted by atomic mass is 10.2. The second-order valence-electron chi connectivity index (χ2n) is 5.19. The fraction of sp³-hybridized carbons (Fsp3) is 0.462. The molecule has 5 nitrogen and oxygen atoms in total. The second kappa shape index (κ2) is 4.76. The van der Waals surface area contributed by atoms with Crippen LogP contribution in [-0.2, 0) is 4.74 Å². The topological polar surface area (TPSA) is 55.3 Å². The minimum Gasteiger partial charge on any atom is -0.443 e. The van der Waals surface area contributed by atoms with Gasteiger partial charge in [0.15, 0.2) is 0 Å². The Kier molecular flexibility index (Phi) is 3.32. The minimum atomic E-state index is -0.472. The van der Waals surface area contributed by atoms with E-state index in [4.69, 9.17) is 4.74 Å². The molecular weight excluding hydrogens is 230 g/mol. The van der Waals surface area contributed by atoms with E-state index in [0.717, 1.165) is 17.7 Å². The van der Waals surface area contributed by atoms with Crippen molar-refractivity contribution >= 4 is 11.7 Å². The Morgan fingerprint density at radius 1 is 1.44 bits per heavy atom. The first-order valence-electron chi connectivity index (χ1n) is 5.94. The summed E-state index contributed by atoms with van der Waals surface area (Å²) in [4.78, 5) is 13.4. The molecule has 18 heavy (non-hydrogen) atoms. The highest BCUT2D eigenvalue weighted by molar-refractivity contribution is 5.75. The van der Waals surface area contributed by atoms with E-state index >= 15 is 0 Å². The number of hydrogen-bond acceptors (Lipinski definition) is 4. The van der Waals surface area contributed by atoms with Gasteiger partial charge in [-0.2, -0.15) is 10.2 Å². The van der Waals surface area contributed by atoms with Gasteiger partial charge in [-0.1, -0.05) is 0 Å². The van der Waals surface area contributed by atoms with E-state index in [2.05, 4.69) is 10.2 Å². The van der Waals surface area contributed by atoms with Crippen molar-refractivity contribution in [2.75, 3.05) is 6.54 Å². The minimum absolute atomic E-state index is 0.318. The quantitative estimate of drug-likeness (QED) is 0.765. The predicted molar refractivity (Wildman–Crippen MR) is 67.6 cm³/mol. The van der Waals surface area contributed by atoms with Crippen LogP contribution in [0.15, 0.2) is 24.5 Å². The summed E-state index contributed by atoms with van der Waals surface area (Å²) in [6, 6.07) is 3.72. The molecule has 0 saturated heterocycles. The Morgan fingerprint density at radius 3 is 2.83 bits per heavy atom. The normalized spacial score (nSPS) is 15.5. The summed E-state index contributed by atoms with van der Waals surface area (Å²) in [7, 11) is 0. The van der Waals surface area contributed by atoms with Crippen molar-refractivity contribution in [2.45, 2.75) is 32.8 Å². The van der Waals surface area contributed by atoms with Gasteiger partial charge in [-0.25, -0.2) is 4.79 Å². The van der Waals surface area contributed by atoms with Crippen molar-refractivity contribution in [3.8, 4) is 0 Å². The van der Waals surface area contributed by atoms with Gasteiger partial charge in [-0.15, -0.1) is 0 Å². The van der Waals surface area contributed by atoms with Gasteiger partial charge >= 0.3 is 6.09 Å². The third-order valence-corrected chi connectivity index (χ3v) is 2.46. The van der Waals surface area contributed by atoms with Gasteiger partial charge in [0.25, 0.3) is 0 Å². The maximum atomic E-state index is 11.9. The highest BCUT2D eigenvalue weighted by Crippen LogP contribution is 2.24. The largest absolute Gasteiger partial charge is 0.443 e. The van der Waals surface area contributed by atoms with Crippen molar-refractivity contribution in [2.24, 2.45) is 0 Å². The second-order valence-corrected chi connectivity index (χ2v) is 5.19. The third kappa shape index (κ3) is 3.06. The molecule has 1 amide bonds. The number of nitrogens with zero attached hydrogens (tertiary/aromatic N) is 3. The van der Waals surface area contributed by atoms with E-state index in [1.807, 2.05) is 32.9 Å². The van der Waals surface area contributed by atoms with Gasteiger partial charge in [-0.3, -0.25) is 4.90 Å². The monoisotopic (exact) mass is 247 g/mol. The molecule has 1 aromatic heterocycles. The standard InChI is InChI=1S/C13H17N3O2/c1-13(2,3)18-12(17)16-8-6-10(9-16)11-5-4-7-14-15-11/h4-5,7,9H,6,8H2,1-3H3. The van der Waals surface area contributed by atoms with Crippen molar-refractivity contribution in [3.63, 3.8) is 0 Å². The molecule has 0 radical (unpaired) electrons. The van der Waals surface area contributed by atoms with Crippen LogP contribution >= 0.6 is 0 Å². The third-order valence-electron chi connectivity index (χ3n) is 2.46. The molecule has 1 aliphatic heterocycles. The number of rotatable bonds is 1. The van der Waals surface area contributed by atoms with E-state index < -0.39 is 5.60 Å². The smallest absolute Gasteiger partial charge is 0.414 e. The van der Waals surface area contributed by atoms with E-state index in [1.54, 1.807) is 17.3 Å². The Hall–Kier alpha value is -1.91. The van der Waals surface area contributed by atoms with Crippen LogP contribution in [0.3, 0.4) is 0 Å². The fourth-order valence-electron chi connectivity index (χ4n) is 1.69. The van der Waals surface area contributed by atoms with Gasteiger partial charge in [0.1, 0.15) is 5.60 Å². The van der Waals surface area contributed by atoms with E-state index in [-0.39, 0.29) is 6.09 Å². The average Bonchev–Trinajstić information content (AvgIpc) is 2.77. The lowest BCUT2D eigenvalue weighted by Crippen LogP contribution is -2.32. The molecule has 0 aromatic carbocycles. The van der Waals surface area contributed by atoms with Crippen molar-refractivity contribution in [1.29, 1.82) is 0 Å². The molecule has 0 bridgehead atoms. The summed E-state index contributed by atoms with van der Waals surface area (Å²) in [6.45, 7) is 6.19. The molecule has 0 N–H and O–H groups in total. The van der Waals surface area contributed by atoms with Gasteiger partial charge in [-0.05, 0) is 44.9 Å². The molecule has 0 fully saturated rings. The molecule has 1 aliphatic rings. The van der Waals surface area contributed by atoms with Gasteiger partial charge in [0, 0.05) is 18.9 Å². The number of hydrogen-bond donors (Lipinski definition) is 0. The van der Waals surface area contributed by atoms with E-state index in [0.29, 0.717) is 6.54 Å². The Labute approximate surface area is 106 Å². The molecule has 0 aliphatic carbocycles. The number of amides is 1. The van der Waals surface area contributed by atoms with Crippen molar-refractivity contribution in [1.82, 2.24) is 15.1 Å². The zero-order valence-electron chi connectivity index (χ0n) is 10.9. The molecule has 0 saturated carbocycles. The molecule has 96 valence electrons. The van der Waals surface area contributed by atoms with Crippen LogP contribution < -0.4 is 0 Å². The van der Waals surface area contributed by atoms with Crippen molar-refractivity contribution < 1.29 is 9.53 Å². The SMILES string of the molecule is CC(C)(C)OC(=O)N1C=C(c2cccnn2)CC1. The summed E-state index contributed by atoms with van der Waals surface area (Å²) >= 11 is 0. The van der Waals surface area contributed by atoms with Crippen molar-refractivity contribution in [3.05, 3.63) is 30.2 Å². The Morgan fingerprint density at radius 2 is 2.22 bits per heavy atom. The highest BCUT2D eigenvalue weighted by Gasteiger charge is 2.25. The first kappa shape index (κ1) is 12.5. The summed E-state index contributed by atoms with van der Waals surface area (Å²) in [6.07, 6.45) is 3.88. The average molecular weight is 247 g/mol. The van der Waals surface area contributed by atoms with Crippen LogP contribution in [0.4, 0.5) is 4.79 Å². The Bertz CT molecular complexity index is 463. The maximum absolute atomic E-state index is 11.9. The fourth-order valence-corrected chi connectivity index (χ4v) is 1.69. The molecule has 5 heteroatoms. The number of ether oxygens (including phenoxy) is 1. The number of aromatic nitrogens is 2. The number of carbonyl (C=O) groups excluding carboxylic acids is 1. The zero-order valence-corrected chi connectivity index (χ0v) is 10.9. The van der Waals surface area contributed by atoms with E-state index in [1.165, 1.54) is 0 Å². The first-order chi connectivity index (χ1) is 8.46. The number of carbonyl (C=O) groups is 1. The van der Waals surface area contributed by atoms with Gasteiger partial charge < -0.3 is 4.74 Å². The van der Waals surface area contributed by atoms with Crippen LogP contribution in [0.25, 0.3) is 5.57 Å². The molecule has 2 rings (SSSR count). The van der Waals surface area contributed by atoms with Crippen LogP contribution in [-0.4, -0.2) is 33.3 Å². The highest BCUT2D eigenvalue weighted by atomic mass is 16.6. The molecule has 2 heterocycles. The molecule has 0 unspecified atom stereocenters.